The summed E-state index contributed by atoms with van der Waals surface area (Å²) in [5, 5.41) is 3.18. The maximum absolute atomic E-state index is 13.0. The molecule has 2 saturated heterocycles. The zero-order valence-electron chi connectivity index (χ0n) is 18.9. The lowest BCUT2D eigenvalue weighted by Gasteiger charge is -2.32. The van der Waals surface area contributed by atoms with Crippen LogP contribution in [0.15, 0.2) is 46.9 Å². The number of nitrogens with one attached hydrogen (secondary N) is 1. The van der Waals surface area contributed by atoms with Crippen molar-refractivity contribution in [3.8, 4) is 0 Å². The highest BCUT2D eigenvalue weighted by Gasteiger charge is 2.30. The number of nitrogens with zero attached hydrogens (tertiary/aromatic N) is 2. The second-order valence-corrected chi connectivity index (χ2v) is 10.2. The molecule has 170 valence electrons. The van der Waals surface area contributed by atoms with Gasteiger partial charge in [-0.2, -0.15) is 0 Å². The first-order valence-corrected chi connectivity index (χ1v) is 12.3. The predicted molar refractivity (Wildman–Crippen MR) is 132 cm³/mol. The third-order valence-corrected chi connectivity index (χ3v) is 7.07. The van der Waals surface area contributed by atoms with Gasteiger partial charge in [-0.25, -0.2) is 0 Å². The van der Waals surface area contributed by atoms with Crippen molar-refractivity contribution >= 4 is 33.4 Å². The Morgan fingerprint density at radius 1 is 1.03 bits per heavy atom. The molecule has 0 bridgehead atoms. The maximum Gasteiger partial charge on any atom is 0.253 e. The number of hydrogen-bond donors (Lipinski definition) is 1. The number of carbonyl (C=O) groups excluding carboxylic acids is 2. The minimum Gasteiger partial charge on any atom is -0.371 e. The van der Waals surface area contributed by atoms with E-state index in [-0.39, 0.29) is 17.7 Å². The maximum atomic E-state index is 13.0. The summed E-state index contributed by atoms with van der Waals surface area (Å²) >= 11 is 3.54. The van der Waals surface area contributed by atoms with Crippen molar-refractivity contribution in [3.63, 3.8) is 0 Å². The fourth-order valence-corrected chi connectivity index (χ4v) is 5.34. The monoisotopic (exact) mass is 497 g/mol. The van der Waals surface area contributed by atoms with Crippen LogP contribution >= 0.6 is 15.9 Å². The Morgan fingerprint density at radius 3 is 2.56 bits per heavy atom. The minimum atomic E-state index is -0.124. The standard InChI is InChI=1S/C26H32BrN3O2/c1-18-11-19(2)13-22(12-18)26(32)30-9-4-5-21(17-30)25(31)28-15-20-8-10-29(16-20)24-7-3-6-23(27)14-24/h3,6-7,11-14,20-21H,4-5,8-10,15-17H2,1-2H3,(H,28,31). The summed E-state index contributed by atoms with van der Waals surface area (Å²) in [4.78, 5) is 30.1. The molecule has 2 heterocycles. The number of carbonyl (C=O) groups is 2. The molecular weight excluding hydrogens is 466 g/mol. The van der Waals surface area contributed by atoms with Crippen molar-refractivity contribution in [1.82, 2.24) is 10.2 Å². The van der Waals surface area contributed by atoms with E-state index >= 15 is 0 Å². The highest BCUT2D eigenvalue weighted by Crippen LogP contribution is 2.26. The van der Waals surface area contributed by atoms with E-state index in [1.54, 1.807) is 0 Å². The fourth-order valence-electron chi connectivity index (χ4n) is 4.95. The molecule has 2 atom stereocenters. The molecule has 2 aromatic rings. The minimum absolute atomic E-state index is 0.0368. The van der Waals surface area contributed by atoms with Gasteiger partial charge >= 0.3 is 0 Å². The van der Waals surface area contributed by atoms with Crippen LogP contribution in [0.5, 0.6) is 0 Å². The molecule has 1 N–H and O–H groups in total. The fraction of sp³-hybridized carbons (Fsp3) is 0.462. The van der Waals surface area contributed by atoms with E-state index in [1.165, 1.54) is 5.69 Å². The molecule has 5 nitrogen and oxygen atoms in total. The molecule has 2 amide bonds. The number of rotatable bonds is 5. The van der Waals surface area contributed by atoms with Crippen molar-refractivity contribution < 1.29 is 9.59 Å². The number of likely N-dealkylation sites (tertiary alicyclic amines) is 1. The smallest absolute Gasteiger partial charge is 0.253 e. The molecule has 2 aliphatic heterocycles. The molecule has 0 aliphatic carbocycles. The van der Waals surface area contributed by atoms with E-state index in [0.29, 0.717) is 19.0 Å². The molecule has 32 heavy (non-hydrogen) atoms. The third kappa shape index (κ3) is 5.52. The number of hydrogen-bond acceptors (Lipinski definition) is 3. The van der Waals surface area contributed by atoms with Gasteiger partial charge in [-0.3, -0.25) is 9.59 Å². The summed E-state index contributed by atoms with van der Waals surface area (Å²) < 4.78 is 1.09. The number of anilines is 1. The van der Waals surface area contributed by atoms with E-state index in [0.717, 1.165) is 60.1 Å². The van der Waals surface area contributed by atoms with Crippen LogP contribution in [0.1, 0.15) is 40.7 Å². The Morgan fingerprint density at radius 2 is 1.81 bits per heavy atom. The second kappa shape index (κ2) is 10.1. The van der Waals surface area contributed by atoms with Crippen molar-refractivity contribution in [2.75, 3.05) is 37.6 Å². The average Bonchev–Trinajstić information content (AvgIpc) is 3.25. The largest absolute Gasteiger partial charge is 0.371 e. The third-order valence-electron chi connectivity index (χ3n) is 6.57. The van der Waals surface area contributed by atoms with Gasteiger partial charge in [0, 0.05) is 48.4 Å². The first-order chi connectivity index (χ1) is 15.4. The summed E-state index contributed by atoms with van der Waals surface area (Å²) in [6, 6.07) is 14.3. The number of amides is 2. The highest BCUT2D eigenvalue weighted by atomic mass is 79.9. The lowest BCUT2D eigenvalue weighted by Crippen LogP contribution is -2.46. The summed E-state index contributed by atoms with van der Waals surface area (Å²) in [6.07, 6.45) is 2.79. The lowest BCUT2D eigenvalue weighted by molar-refractivity contribution is -0.126. The van der Waals surface area contributed by atoms with Crippen LogP contribution in [0.25, 0.3) is 0 Å². The summed E-state index contributed by atoms with van der Waals surface area (Å²) in [5.41, 5.74) is 4.13. The zero-order chi connectivity index (χ0) is 22.7. The topological polar surface area (TPSA) is 52.7 Å². The van der Waals surface area contributed by atoms with Crippen LogP contribution in [0.2, 0.25) is 0 Å². The molecule has 2 fully saturated rings. The van der Waals surface area contributed by atoms with E-state index in [2.05, 4.69) is 50.4 Å². The molecular formula is C26H32BrN3O2. The first-order valence-electron chi connectivity index (χ1n) is 11.5. The Hall–Kier alpha value is -2.34. The van der Waals surface area contributed by atoms with Gasteiger partial charge in [0.1, 0.15) is 0 Å². The zero-order valence-corrected chi connectivity index (χ0v) is 20.5. The molecule has 0 aromatic heterocycles. The van der Waals surface area contributed by atoms with Gasteiger partial charge in [-0.05, 0) is 69.4 Å². The molecule has 2 aliphatic rings. The average molecular weight is 498 g/mol. The Kier molecular flexibility index (Phi) is 7.19. The van der Waals surface area contributed by atoms with Crippen molar-refractivity contribution in [2.45, 2.75) is 33.1 Å². The van der Waals surface area contributed by atoms with Crippen LogP contribution < -0.4 is 10.2 Å². The molecule has 2 unspecified atom stereocenters. The molecule has 4 rings (SSSR count). The number of piperidine rings is 1. The van der Waals surface area contributed by atoms with Crippen LogP contribution in [0.4, 0.5) is 5.69 Å². The normalized spacial score (nSPS) is 21.0. The number of halogens is 1. The van der Waals surface area contributed by atoms with E-state index in [1.807, 2.05) is 36.9 Å². The van der Waals surface area contributed by atoms with Gasteiger partial charge in [0.05, 0.1) is 5.92 Å². The van der Waals surface area contributed by atoms with Crippen molar-refractivity contribution in [3.05, 3.63) is 63.6 Å². The van der Waals surface area contributed by atoms with Gasteiger partial charge in [0.25, 0.3) is 5.91 Å². The van der Waals surface area contributed by atoms with Gasteiger partial charge in [0.2, 0.25) is 5.91 Å². The van der Waals surface area contributed by atoms with E-state index in [9.17, 15) is 9.59 Å². The summed E-state index contributed by atoms with van der Waals surface area (Å²) in [5.74, 6) is 0.453. The predicted octanol–water partition coefficient (Wildman–Crippen LogP) is 4.56. The molecule has 0 radical (unpaired) electrons. The molecule has 2 aromatic carbocycles. The summed E-state index contributed by atoms with van der Waals surface area (Å²) in [6.45, 7) is 7.92. The van der Waals surface area contributed by atoms with Gasteiger partial charge < -0.3 is 15.1 Å². The highest BCUT2D eigenvalue weighted by molar-refractivity contribution is 9.10. The number of benzene rings is 2. The van der Waals surface area contributed by atoms with Crippen LogP contribution in [-0.4, -0.2) is 49.4 Å². The quantitative estimate of drug-likeness (QED) is 0.658. The van der Waals surface area contributed by atoms with Gasteiger partial charge in [-0.1, -0.05) is 39.2 Å². The number of aryl methyl sites for hydroxylation is 2. The molecule has 0 spiro atoms. The molecule has 6 heteroatoms. The SMILES string of the molecule is Cc1cc(C)cc(C(=O)N2CCCC(C(=O)NCC3CCN(c4cccc(Br)c4)C3)C2)c1. The Bertz CT molecular complexity index is 973. The van der Waals surface area contributed by atoms with Gasteiger partial charge in [0.15, 0.2) is 0 Å². The first kappa shape index (κ1) is 22.8. The molecule has 0 saturated carbocycles. The van der Waals surface area contributed by atoms with Crippen molar-refractivity contribution in [1.29, 1.82) is 0 Å². The van der Waals surface area contributed by atoms with Crippen molar-refractivity contribution in [2.24, 2.45) is 11.8 Å². The van der Waals surface area contributed by atoms with E-state index in [4.69, 9.17) is 0 Å². The summed E-state index contributed by atoms with van der Waals surface area (Å²) in [7, 11) is 0. The van der Waals surface area contributed by atoms with E-state index < -0.39 is 0 Å². The van der Waals surface area contributed by atoms with Crippen LogP contribution in [0, 0.1) is 25.7 Å². The van der Waals surface area contributed by atoms with Crippen LogP contribution in [0.3, 0.4) is 0 Å². The second-order valence-electron chi connectivity index (χ2n) is 9.29. The Balaban J connectivity index is 1.29. The Labute approximate surface area is 199 Å². The van der Waals surface area contributed by atoms with Gasteiger partial charge in [-0.15, -0.1) is 0 Å². The lowest BCUT2D eigenvalue weighted by atomic mass is 9.95. The van der Waals surface area contributed by atoms with Crippen LogP contribution in [-0.2, 0) is 4.79 Å².